The van der Waals surface area contributed by atoms with E-state index in [9.17, 15) is 0 Å². The molecule has 0 aromatic heterocycles. The normalized spacial score (nSPS) is 19.7. The third-order valence-electron chi connectivity index (χ3n) is 4.29. The van der Waals surface area contributed by atoms with Crippen LogP contribution in [-0.4, -0.2) is 26.4 Å². The second-order valence-electron chi connectivity index (χ2n) is 8.25. The molecule has 1 saturated heterocycles. The molecule has 1 aromatic carbocycles. The van der Waals surface area contributed by atoms with Crippen LogP contribution in [0.2, 0.25) is 25.7 Å². The smallest absolute Gasteiger partial charge is 0.399 e. The number of benzene rings is 1. The minimum Gasteiger partial charge on any atom is -0.399 e. The van der Waals surface area contributed by atoms with Crippen molar-refractivity contribution in [2.24, 2.45) is 0 Å². The van der Waals surface area contributed by atoms with Crippen molar-refractivity contribution in [1.29, 1.82) is 0 Å². The molecule has 1 aromatic rings. The third-order valence-corrected chi connectivity index (χ3v) is 5.52. The summed E-state index contributed by atoms with van der Waals surface area (Å²) in [4.78, 5) is 0. The molecule has 0 radical (unpaired) electrons. The molecule has 118 valence electrons. The first-order chi connectivity index (χ1) is 10.0. The Labute approximate surface area is 136 Å². The zero-order chi connectivity index (χ0) is 16.6. The Morgan fingerprint density at radius 2 is 1.45 bits per heavy atom. The van der Waals surface area contributed by atoms with Crippen molar-refractivity contribution in [3.8, 4) is 11.8 Å². The van der Waals surface area contributed by atoms with Gasteiger partial charge in [-0.1, -0.05) is 37.7 Å². The van der Waals surface area contributed by atoms with Crippen molar-refractivity contribution in [2.45, 2.75) is 64.6 Å². The molecule has 0 aliphatic carbocycles. The molecule has 1 aliphatic heterocycles. The zero-order valence-electron chi connectivity index (χ0n) is 14.9. The van der Waals surface area contributed by atoms with Gasteiger partial charge >= 0.3 is 7.12 Å². The summed E-state index contributed by atoms with van der Waals surface area (Å²) in [5, 5.41) is 0. The highest BCUT2D eigenvalue weighted by molar-refractivity contribution is 6.76. The molecule has 0 amide bonds. The topological polar surface area (TPSA) is 18.5 Å². The van der Waals surface area contributed by atoms with E-state index in [4.69, 9.17) is 9.31 Å². The van der Waals surface area contributed by atoms with E-state index in [2.05, 4.69) is 83.4 Å². The maximum Gasteiger partial charge on any atom is 0.494 e. The van der Waals surface area contributed by atoms with Crippen LogP contribution in [0.4, 0.5) is 0 Å². The average molecular weight is 314 g/mol. The lowest BCUT2D eigenvalue weighted by molar-refractivity contribution is 0.00578. The molecule has 22 heavy (non-hydrogen) atoms. The van der Waals surface area contributed by atoms with Crippen LogP contribution < -0.4 is 5.46 Å². The Morgan fingerprint density at radius 3 is 1.91 bits per heavy atom. The van der Waals surface area contributed by atoms with Crippen LogP contribution in [0, 0.1) is 11.8 Å². The van der Waals surface area contributed by atoms with E-state index in [0.29, 0.717) is 0 Å². The standard InChI is InChI=1S/C18H27BO2Si/c1-17(2)18(3,4)21-19(20-17)16-12-10-15(11-13-16)9-8-14-22(5,6)7/h10-13H,14H2,1-7H3. The van der Waals surface area contributed by atoms with Gasteiger partial charge in [-0.05, 0) is 45.3 Å². The molecule has 0 saturated carbocycles. The summed E-state index contributed by atoms with van der Waals surface area (Å²) in [5.41, 5.74) is 1.51. The van der Waals surface area contributed by atoms with Gasteiger partial charge in [0.2, 0.25) is 0 Å². The highest BCUT2D eigenvalue weighted by atomic mass is 28.3. The highest BCUT2D eigenvalue weighted by Crippen LogP contribution is 2.36. The van der Waals surface area contributed by atoms with E-state index < -0.39 is 8.07 Å². The van der Waals surface area contributed by atoms with Crippen LogP contribution in [0.15, 0.2) is 24.3 Å². The van der Waals surface area contributed by atoms with E-state index >= 15 is 0 Å². The lowest BCUT2D eigenvalue weighted by Crippen LogP contribution is -2.41. The van der Waals surface area contributed by atoms with Crippen molar-refractivity contribution < 1.29 is 9.31 Å². The van der Waals surface area contributed by atoms with Gasteiger partial charge in [-0.2, -0.15) is 0 Å². The Balaban J connectivity index is 2.08. The summed E-state index contributed by atoms with van der Waals surface area (Å²) in [6.45, 7) is 15.3. The zero-order valence-corrected chi connectivity index (χ0v) is 15.9. The van der Waals surface area contributed by atoms with Gasteiger partial charge in [0, 0.05) is 11.6 Å². The molecule has 0 bridgehead atoms. The minimum atomic E-state index is -1.09. The summed E-state index contributed by atoms with van der Waals surface area (Å²) in [7, 11) is -1.39. The lowest BCUT2D eigenvalue weighted by atomic mass is 9.79. The van der Waals surface area contributed by atoms with E-state index in [1.54, 1.807) is 0 Å². The fraction of sp³-hybridized carbons (Fsp3) is 0.556. The molecule has 1 heterocycles. The Kier molecular flexibility index (Phi) is 4.64. The number of hydrogen-bond acceptors (Lipinski definition) is 2. The largest absolute Gasteiger partial charge is 0.494 e. The van der Waals surface area contributed by atoms with Gasteiger partial charge in [0.25, 0.3) is 0 Å². The minimum absolute atomic E-state index is 0.297. The van der Waals surface area contributed by atoms with E-state index in [1.807, 2.05) is 0 Å². The van der Waals surface area contributed by atoms with Crippen LogP contribution in [-0.2, 0) is 9.31 Å². The summed E-state index contributed by atoms with van der Waals surface area (Å²) < 4.78 is 12.1. The monoisotopic (exact) mass is 314 g/mol. The average Bonchev–Trinajstić information content (AvgIpc) is 2.58. The third kappa shape index (κ3) is 4.04. The second-order valence-corrected chi connectivity index (χ2v) is 13.7. The van der Waals surface area contributed by atoms with Crippen molar-refractivity contribution in [2.75, 3.05) is 0 Å². The maximum absolute atomic E-state index is 6.06. The van der Waals surface area contributed by atoms with Crippen molar-refractivity contribution in [3.63, 3.8) is 0 Å². The fourth-order valence-corrected chi connectivity index (χ4v) is 2.73. The first kappa shape index (κ1) is 17.3. The molecule has 2 nitrogen and oxygen atoms in total. The summed E-state index contributed by atoms with van der Waals surface area (Å²) in [6.07, 6.45) is 0. The van der Waals surface area contributed by atoms with Crippen LogP contribution in [0.5, 0.6) is 0 Å². The molecule has 0 unspecified atom stereocenters. The Hall–Kier alpha value is -1.02. The van der Waals surface area contributed by atoms with Crippen LogP contribution >= 0.6 is 0 Å². The highest BCUT2D eigenvalue weighted by Gasteiger charge is 2.51. The molecule has 0 N–H and O–H groups in total. The van der Waals surface area contributed by atoms with Crippen molar-refractivity contribution in [1.82, 2.24) is 0 Å². The predicted molar refractivity (Wildman–Crippen MR) is 97.2 cm³/mol. The molecule has 0 spiro atoms. The molecular weight excluding hydrogens is 287 g/mol. The van der Waals surface area contributed by atoms with Crippen LogP contribution in [0.25, 0.3) is 0 Å². The van der Waals surface area contributed by atoms with E-state index in [-0.39, 0.29) is 18.3 Å². The summed E-state index contributed by atoms with van der Waals surface area (Å²) in [6, 6.07) is 9.25. The second kappa shape index (κ2) is 5.88. The fourth-order valence-electron chi connectivity index (χ4n) is 2.11. The van der Waals surface area contributed by atoms with Gasteiger partial charge in [0.05, 0.1) is 19.3 Å². The number of rotatable bonds is 2. The van der Waals surface area contributed by atoms with Crippen molar-refractivity contribution >= 4 is 20.7 Å². The van der Waals surface area contributed by atoms with Gasteiger partial charge in [-0.25, -0.2) is 0 Å². The quantitative estimate of drug-likeness (QED) is 0.612. The van der Waals surface area contributed by atoms with Crippen molar-refractivity contribution in [3.05, 3.63) is 29.8 Å². The molecular formula is C18H27BO2Si. The first-order valence-electron chi connectivity index (χ1n) is 7.95. The van der Waals surface area contributed by atoms with Gasteiger partial charge in [-0.15, -0.1) is 5.92 Å². The Morgan fingerprint density at radius 1 is 0.955 bits per heavy atom. The van der Waals surface area contributed by atoms with Gasteiger partial charge in [0.1, 0.15) is 0 Å². The Bertz CT molecular complexity index is 572. The molecule has 1 aliphatic rings. The predicted octanol–water partition coefficient (Wildman–Crippen LogP) is 3.68. The first-order valence-corrected chi connectivity index (χ1v) is 11.7. The SMILES string of the molecule is CC1(C)OB(c2ccc(C#CC[Si](C)(C)C)cc2)OC1(C)C. The van der Waals surface area contributed by atoms with E-state index in [0.717, 1.165) is 17.1 Å². The summed E-state index contributed by atoms with van der Waals surface area (Å²) >= 11 is 0. The molecule has 1 fully saturated rings. The van der Waals surface area contributed by atoms with E-state index in [1.165, 1.54) is 0 Å². The van der Waals surface area contributed by atoms with Gasteiger partial charge in [0.15, 0.2) is 0 Å². The van der Waals surface area contributed by atoms with Gasteiger partial charge < -0.3 is 9.31 Å². The van der Waals surface area contributed by atoms with Crippen LogP contribution in [0.1, 0.15) is 33.3 Å². The molecule has 2 rings (SSSR count). The maximum atomic E-state index is 6.06. The molecule has 4 heteroatoms. The van der Waals surface area contributed by atoms with Gasteiger partial charge in [-0.3, -0.25) is 0 Å². The summed E-state index contributed by atoms with van der Waals surface area (Å²) in [5.74, 6) is 6.56. The molecule has 0 atom stereocenters. The van der Waals surface area contributed by atoms with Crippen LogP contribution in [0.3, 0.4) is 0 Å². The lowest BCUT2D eigenvalue weighted by Gasteiger charge is -2.32. The number of hydrogen-bond donors (Lipinski definition) is 0.